The van der Waals surface area contributed by atoms with E-state index in [1.54, 1.807) is 24.3 Å². The Hall–Kier alpha value is -2.85. The number of benzene rings is 2. The van der Waals surface area contributed by atoms with E-state index < -0.39 is 5.82 Å². The molecule has 20 heavy (non-hydrogen) atoms. The number of hydrogen-bond donors (Lipinski definition) is 0. The third-order valence-electron chi connectivity index (χ3n) is 2.77. The first kappa shape index (κ1) is 13.6. The number of rotatable bonds is 3. The lowest BCUT2D eigenvalue weighted by Crippen LogP contribution is -1.97. The fraction of sp³-hybridized carbons (Fsp3) is 0.125. The Morgan fingerprint density at radius 2 is 1.90 bits per heavy atom. The van der Waals surface area contributed by atoms with E-state index in [0.29, 0.717) is 5.56 Å². The predicted molar refractivity (Wildman–Crippen MR) is 71.7 cm³/mol. The van der Waals surface area contributed by atoms with Gasteiger partial charge in [-0.25, -0.2) is 4.39 Å². The van der Waals surface area contributed by atoms with Gasteiger partial charge in [0.25, 0.3) is 0 Å². The van der Waals surface area contributed by atoms with E-state index >= 15 is 0 Å². The molecule has 98 valence electrons. The van der Waals surface area contributed by atoms with Crippen LogP contribution >= 0.6 is 0 Å². The van der Waals surface area contributed by atoms with Gasteiger partial charge in [0, 0.05) is 0 Å². The maximum absolute atomic E-state index is 13.6. The number of ether oxygens (including phenoxy) is 1. The molecule has 2 rings (SSSR count). The van der Waals surface area contributed by atoms with Crippen LogP contribution in [-0.4, -0.2) is 0 Å². The Labute approximate surface area is 116 Å². The molecule has 0 N–H and O–H groups in total. The van der Waals surface area contributed by atoms with Crippen LogP contribution in [0.15, 0.2) is 36.4 Å². The molecule has 0 aliphatic heterocycles. The summed E-state index contributed by atoms with van der Waals surface area (Å²) in [6, 6.07) is 13.4. The Morgan fingerprint density at radius 1 is 1.15 bits per heavy atom. The SMILES string of the molecule is Cc1cc(CC#N)c(C#N)c(Oc2ccccc2F)c1. The largest absolute Gasteiger partial charge is 0.453 e. The molecule has 0 aliphatic rings. The minimum atomic E-state index is -0.500. The lowest BCUT2D eigenvalue weighted by Gasteiger charge is -2.11. The lowest BCUT2D eigenvalue weighted by atomic mass is 10.0. The normalized spacial score (nSPS) is 9.60. The van der Waals surface area contributed by atoms with Crippen LogP contribution in [0.5, 0.6) is 11.5 Å². The molecule has 0 bridgehead atoms. The Morgan fingerprint density at radius 3 is 2.55 bits per heavy atom. The zero-order valence-electron chi connectivity index (χ0n) is 10.9. The average Bonchev–Trinajstić information content (AvgIpc) is 2.41. The van der Waals surface area contributed by atoms with Gasteiger partial charge in [0.2, 0.25) is 0 Å². The molecule has 0 heterocycles. The van der Waals surface area contributed by atoms with E-state index in [1.807, 2.05) is 19.1 Å². The highest BCUT2D eigenvalue weighted by Gasteiger charge is 2.13. The van der Waals surface area contributed by atoms with Crippen molar-refractivity contribution in [1.29, 1.82) is 10.5 Å². The van der Waals surface area contributed by atoms with E-state index in [-0.39, 0.29) is 23.5 Å². The molecule has 0 amide bonds. The second kappa shape index (κ2) is 5.86. The molecule has 4 heteroatoms. The molecule has 2 aromatic rings. The zero-order valence-corrected chi connectivity index (χ0v) is 10.9. The van der Waals surface area contributed by atoms with Crippen molar-refractivity contribution < 1.29 is 9.13 Å². The molecule has 0 atom stereocenters. The van der Waals surface area contributed by atoms with Gasteiger partial charge in [-0.1, -0.05) is 18.2 Å². The van der Waals surface area contributed by atoms with Crippen LogP contribution in [0.2, 0.25) is 0 Å². The van der Waals surface area contributed by atoms with Crippen LogP contribution in [0.4, 0.5) is 4.39 Å². The number of nitriles is 2. The summed E-state index contributed by atoms with van der Waals surface area (Å²) >= 11 is 0. The van der Waals surface area contributed by atoms with Crippen LogP contribution in [0.25, 0.3) is 0 Å². The van der Waals surface area contributed by atoms with Crippen LogP contribution in [0.1, 0.15) is 16.7 Å². The lowest BCUT2D eigenvalue weighted by molar-refractivity contribution is 0.440. The molecule has 0 radical (unpaired) electrons. The third-order valence-corrected chi connectivity index (χ3v) is 2.77. The Kier molecular flexibility index (Phi) is 3.98. The highest BCUT2D eigenvalue weighted by molar-refractivity contribution is 5.53. The van der Waals surface area contributed by atoms with Crippen molar-refractivity contribution in [3.8, 4) is 23.6 Å². The molecular formula is C16H11FN2O. The fourth-order valence-electron chi connectivity index (χ4n) is 1.90. The summed E-state index contributed by atoms with van der Waals surface area (Å²) in [6.07, 6.45) is 0.109. The molecule has 2 aromatic carbocycles. The fourth-order valence-corrected chi connectivity index (χ4v) is 1.90. The van der Waals surface area contributed by atoms with Gasteiger partial charge in [-0.05, 0) is 36.2 Å². The number of para-hydroxylation sites is 1. The van der Waals surface area contributed by atoms with Crippen molar-refractivity contribution in [1.82, 2.24) is 0 Å². The topological polar surface area (TPSA) is 56.8 Å². The van der Waals surface area contributed by atoms with Crippen molar-refractivity contribution in [2.75, 3.05) is 0 Å². The van der Waals surface area contributed by atoms with Crippen molar-refractivity contribution in [2.45, 2.75) is 13.3 Å². The zero-order chi connectivity index (χ0) is 14.5. The van der Waals surface area contributed by atoms with Gasteiger partial charge in [-0.15, -0.1) is 0 Å². The molecule has 0 spiro atoms. The highest BCUT2D eigenvalue weighted by Crippen LogP contribution is 2.30. The number of halogens is 1. The number of nitrogens with zero attached hydrogens (tertiary/aromatic N) is 2. The van der Waals surface area contributed by atoms with Gasteiger partial charge < -0.3 is 4.74 Å². The van der Waals surface area contributed by atoms with Crippen LogP contribution in [-0.2, 0) is 6.42 Å². The van der Waals surface area contributed by atoms with Crippen LogP contribution in [0, 0.1) is 35.4 Å². The van der Waals surface area contributed by atoms with E-state index in [0.717, 1.165) is 5.56 Å². The van der Waals surface area contributed by atoms with Gasteiger partial charge in [-0.3, -0.25) is 0 Å². The molecular weight excluding hydrogens is 255 g/mol. The van der Waals surface area contributed by atoms with Gasteiger partial charge in [0.15, 0.2) is 11.6 Å². The minimum absolute atomic E-state index is 0.0532. The minimum Gasteiger partial charge on any atom is -0.453 e. The van der Waals surface area contributed by atoms with E-state index in [2.05, 4.69) is 0 Å². The van der Waals surface area contributed by atoms with Gasteiger partial charge in [0.05, 0.1) is 18.1 Å². The first-order valence-corrected chi connectivity index (χ1v) is 5.98. The smallest absolute Gasteiger partial charge is 0.165 e. The molecule has 0 saturated heterocycles. The molecule has 0 saturated carbocycles. The van der Waals surface area contributed by atoms with Crippen molar-refractivity contribution >= 4 is 0 Å². The Balaban J connectivity index is 2.49. The monoisotopic (exact) mass is 266 g/mol. The standard InChI is InChI=1S/C16H11FN2O/c1-11-8-12(6-7-18)13(10-19)16(9-11)20-15-5-3-2-4-14(15)17/h2-5,8-9H,6H2,1H3. The quantitative estimate of drug-likeness (QED) is 0.847. The summed E-state index contributed by atoms with van der Waals surface area (Å²) in [7, 11) is 0. The summed E-state index contributed by atoms with van der Waals surface area (Å²) in [5.74, 6) is -0.180. The summed E-state index contributed by atoms with van der Waals surface area (Å²) < 4.78 is 19.1. The van der Waals surface area contributed by atoms with Crippen LogP contribution in [0.3, 0.4) is 0 Å². The predicted octanol–water partition coefficient (Wildman–Crippen LogP) is 3.86. The maximum Gasteiger partial charge on any atom is 0.165 e. The molecule has 3 nitrogen and oxygen atoms in total. The summed E-state index contributed by atoms with van der Waals surface area (Å²) in [5.41, 5.74) is 1.70. The Bertz CT molecular complexity index is 726. The van der Waals surface area contributed by atoms with Crippen molar-refractivity contribution in [3.05, 3.63) is 58.9 Å². The third kappa shape index (κ3) is 2.76. The highest BCUT2D eigenvalue weighted by atomic mass is 19.1. The number of aryl methyl sites for hydroxylation is 1. The average molecular weight is 266 g/mol. The first-order chi connectivity index (χ1) is 9.65. The van der Waals surface area contributed by atoms with Gasteiger partial charge >= 0.3 is 0 Å². The summed E-state index contributed by atoms with van der Waals surface area (Å²) in [6.45, 7) is 1.83. The summed E-state index contributed by atoms with van der Waals surface area (Å²) in [4.78, 5) is 0. The summed E-state index contributed by atoms with van der Waals surface area (Å²) in [5, 5.41) is 18.0. The second-order valence-corrected chi connectivity index (χ2v) is 4.28. The molecule has 0 fully saturated rings. The molecule has 0 aromatic heterocycles. The first-order valence-electron chi connectivity index (χ1n) is 5.98. The maximum atomic E-state index is 13.6. The van der Waals surface area contributed by atoms with E-state index in [9.17, 15) is 9.65 Å². The van der Waals surface area contributed by atoms with Gasteiger partial charge in [-0.2, -0.15) is 10.5 Å². The van der Waals surface area contributed by atoms with E-state index in [1.165, 1.54) is 12.1 Å². The number of hydrogen-bond acceptors (Lipinski definition) is 3. The van der Waals surface area contributed by atoms with E-state index in [4.69, 9.17) is 10.00 Å². The molecule has 0 aliphatic carbocycles. The van der Waals surface area contributed by atoms with Crippen LogP contribution < -0.4 is 4.74 Å². The van der Waals surface area contributed by atoms with Gasteiger partial charge in [0.1, 0.15) is 11.8 Å². The van der Waals surface area contributed by atoms with Crippen molar-refractivity contribution in [3.63, 3.8) is 0 Å². The molecule has 0 unspecified atom stereocenters. The van der Waals surface area contributed by atoms with Crippen molar-refractivity contribution in [2.24, 2.45) is 0 Å². The second-order valence-electron chi connectivity index (χ2n) is 4.28.